The van der Waals surface area contributed by atoms with Crippen molar-refractivity contribution in [3.63, 3.8) is 0 Å². The first kappa shape index (κ1) is 17.9. The van der Waals surface area contributed by atoms with Crippen LogP contribution in [-0.4, -0.2) is 36.4 Å². The molecule has 1 fully saturated rings. The third kappa shape index (κ3) is 3.49. The maximum Gasteiger partial charge on any atom is 0.156 e. The smallest absolute Gasteiger partial charge is 0.156 e. The number of piperazine rings is 1. The zero-order valence-electron chi connectivity index (χ0n) is 16.7. The zero-order valence-corrected chi connectivity index (χ0v) is 16.7. The van der Waals surface area contributed by atoms with Crippen LogP contribution in [0.5, 0.6) is 0 Å². The average molecular weight is 383 g/mol. The SMILES string of the molecule is Cc1nnc(NCc2cccc3ccccc23)c2cc(N3CCNCC3)ccc12. The predicted octanol–water partition coefficient (Wildman–Crippen LogP) is 4.11. The van der Waals surface area contributed by atoms with E-state index < -0.39 is 0 Å². The lowest BCUT2D eigenvalue weighted by molar-refractivity contribution is 0.589. The fraction of sp³-hybridized carbons (Fsp3) is 0.250. The quantitative estimate of drug-likeness (QED) is 0.555. The summed E-state index contributed by atoms with van der Waals surface area (Å²) in [6.45, 7) is 6.85. The number of aryl methyl sites for hydroxylation is 1. The molecule has 1 aliphatic rings. The standard InChI is InChI=1S/C24H25N5/c1-17-21-10-9-20(29-13-11-25-12-14-29)15-23(21)24(28-27-17)26-16-19-7-4-6-18-5-2-3-8-22(18)19/h2-10,15,25H,11-14,16H2,1H3,(H,26,28). The van der Waals surface area contributed by atoms with Gasteiger partial charge in [0.05, 0.1) is 5.69 Å². The van der Waals surface area contributed by atoms with E-state index >= 15 is 0 Å². The monoisotopic (exact) mass is 383 g/mol. The summed E-state index contributed by atoms with van der Waals surface area (Å²) in [5.74, 6) is 0.843. The van der Waals surface area contributed by atoms with E-state index in [1.807, 2.05) is 6.92 Å². The van der Waals surface area contributed by atoms with Gasteiger partial charge in [0.25, 0.3) is 0 Å². The molecule has 5 nitrogen and oxygen atoms in total. The Balaban J connectivity index is 1.49. The van der Waals surface area contributed by atoms with Crippen molar-refractivity contribution < 1.29 is 0 Å². The highest BCUT2D eigenvalue weighted by molar-refractivity contribution is 5.95. The number of fused-ring (bicyclic) bond motifs is 2. The minimum atomic E-state index is 0.714. The molecule has 29 heavy (non-hydrogen) atoms. The van der Waals surface area contributed by atoms with E-state index in [0.717, 1.165) is 48.5 Å². The van der Waals surface area contributed by atoms with E-state index in [9.17, 15) is 0 Å². The minimum Gasteiger partial charge on any atom is -0.369 e. The van der Waals surface area contributed by atoms with Crippen LogP contribution in [0.15, 0.2) is 60.7 Å². The molecule has 0 amide bonds. The lowest BCUT2D eigenvalue weighted by Gasteiger charge is -2.29. The molecule has 5 rings (SSSR count). The van der Waals surface area contributed by atoms with Crippen LogP contribution in [0.3, 0.4) is 0 Å². The first-order valence-electron chi connectivity index (χ1n) is 10.2. The second-order valence-electron chi connectivity index (χ2n) is 7.59. The first-order chi connectivity index (χ1) is 14.3. The average Bonchev–Trinajstić information content (AvgIpc) is 2.79. The van der Waals surface area contributed by atoms with Gasteiger partial charge in [-0.1, -0.05) is 48.5 Å². The number of aromatic nitrogens is 2. The van der Waals surface area contributed by atoms with Crippen LogP contribution in [0.25, 0.3) is 21.5 Å². The Bertz CT molecular complexity index is 1160. The summed E-state index contributed by atoms with van der Waals surface area (Å²) in [5.41, 5.74) is 3.47. The number of anilines is 2. The van der Waals surface area contributed by atoms with Gasteiger partial charge in [0.15, 0.2) is 5.82 Å². The summed E-state index contributed by atoms with van der Waals surface area (Å²) >= 11 is 0. The van der Waals surface area contributed by atoms with Crippen molar-refractivity contribution in [3.05, 3.63) is 71.9 Å². The molecule has 0 unspecified atom stereocenters. The number of nitrogens with zero attached hydrogens (tertiary/aromatic N) is 3. The molecule has 1 aromatic heterocycles. The summed E-state index contributed by atoms with van der Waals surface area (Å²) in [7, 11) is 0. The Morgan fingerprint density at radius 1 is 0.897 bits per heavy atom. The molecule has 0 spiro atoms. The Labute approximate surface area is 170 Å². The lowest BCUT2D eigenvalue weighted by atomic mass is 10.0. The molecule has 146 valence electrons. The molecule has 1 aliphatic heterocycles. The molecule has 2 heterocycles. The van der Waals surface area contributed by atoms with Crippen LogP contribution in [-0.2, 0) is 6.54 Å². The summed E-state index contributed by atoms with van der Waals surface area (Å²) in [6, 6.07) is 21.6. The Morgan fingerprint density at radius 2 is 1.72 bits per heavy atom. The van der Waals surface area contributed by atoms with E-state index in [-0.39, 0.29) is 0 Å². The van der Waals surface area contributed by atoms with Gasteiger partial charge in [-0.2, -0.15) is 5.10 Å². The van der Waals surface area contributed by atoms with Gasteiger partial charge in [-0.05, 0) is 35.4 Å². The van der Waals surface area contributed by atoms with E-state index in [4.69, 9.17) is 0 Å². The van der Waals surface area contributed by atoms with Gasteiger partial charge >= 0.3 is 0 Å². The summed E-state index contributed by atoms with van der Waals surface area (Å²) < 4.78 is 0. The number of benzene rings is 3. The molecular formula is C24H25N5. The Hall–Kier alpha value is -3.18. The van der Waals surface area contributed by atoms with Gasteiger partial charge in [0.1, 0.15) is 0 Å². The molecule has 1 saturated heterocycles. The van der Waals surface area contributed by atoms with Gasteiger partial charge in [-0.25, -0.2) is 0 Å². The maximum absolute atomic E-state index is 4.50. The maximum atomic E-state index is 4.50. The van der Waals surface area contributed by atoms with Gasteiger partial charge in [-0.15, -0.1) is 5.10 Å². The number of hydrogen-bond donors (Lipinski definition) is 2. The summed E-state index contributed by atoms with van der Waals surface area (Å²) in [6.07, 6.45) is 0. The van der Waals surface area contributed by atoms with Crippen molar-refractivity contribution in [1.82, 2.24) is 15.5 Å². The largest absolute Gasteiger partial charge is 0.369 e. The molecular weight excluding hydrogens is 358 g/mol. The van der Waals surface area contributed by atoms with E-state index in [2.05, 4.69) is 86.4 Å². The molecule has 0 bridgehead atoms. The highest BCUT2D eigenvalue weighted by atomic mass is 15.2. The highest BCUT2D eigenvalue weighted by Gasteiger charge is 2.14. The van der Waals surface area contributed by atoms with Crippen LogP contribution in [0.2, 0.25) is 0 Å². The van der Waals surface area contributed by atoms with Crippen molar-refractivity contribution in [2.45, 2.75) is 13.5 Å². The molecule has 0 aliphatic carbocycles. The van der Waals surface area contributed by atoms with Crippen LogP contribution < -0.4 is 15.5 Å². The second-order valence-corrected chi connectivity index (χ2v) is 7.59. The predicted molar refractivity (Wildman–Crippen MR) is 121 cm³/mol. The molecule has 0 atom stereocenters. The third-order valence-electron chi connectivity index (χ3n) is 5.76. The van der Waals surface area contributed by atoms with Crippen molar-refractivity contribution in [2.75, 3.05) is 36.4 Å². The molecule has 0 radical (unpaired) electrons. The van der Waals surface area contributed by atoms with Crippen LogP contribution in [0.1, 0.15) is 11.3 Å². The van der Waals surface area contributed by atoms with Crippen LogP contribution >= 0.6 is 0 Å². The van der Waals surface area contributed by atoms with Gasteiger partial charge in [0, 0.05) is 49.2 Å². The number of hydrogen-bond acceptors (Lipinski definition) is 5. The molecule has 2 N–H and O–H groups in total. The normalized spacial score (nSPS) is 14.4. The Kier molecular flexibility index (Phi) is 4.74. The van der Waals surface area contributed by atoms with Gasteiger partial charge in [0.2, 0.25) is 0 Å². The minimum absolute atomic E-state index is 0.714. The fourth-order valence-electron chi connectivity index (χ4n) is 4.15. The van der Waals surface area contributed by atoms with Crippen molar-refractivity contribution in [2.24, 2.45) is 0 Å². The second kappa shape index (κ2) is 7.68. The molecule has 5 heteroatoms. The van der Waals surface area contributed by atoms with E-state index in [1.165, 1.54) is 22.0 Å². The summed E-state index contributed by atoms with van der Waals surface area (Å²) in [5, 5.41) is 20.7. The number of rotatable bonds is 4. The molecule has 0 saturated carbocycles. The van der Waals surface area contributed by atoms with Crippen molar-refractivity contribution >= 4 is 33.1 Å². The van der Waals surface area contributed by atoms with E-state index in [0.29, 0.717) is 6.54 Å². The number of nitrogens with one attached hydrogen (secondary N) is 2. The fourth-order valence-corrected chi connectivity index (χ4v) is 4.15. The van der Waals surface area contributed by atoms with E-state index in [1.54, 1.807) is 0 Å². The highest BCUT2D eigenvalue weighted by Crippen LogP contribution is 2.29. The topological polar surface area (TPSA) is 53.1 Å². The first-order valence-corrected chi connectivity index (χ1v) is 10.2. The molecule has 3 aromatic carbocycles. The lowest BCUT2D eigenvalue weighted by Crippen LogP contribution is -2.43. The van der Waals surface area contributed by atoms with Gasteiger partial charge < -0.3 is 15.5 Å². The molecule has 4 aromatic rings. The van der Waals surface area contributed by atoms with Gasteiger partial charge in [-0.3, -0.25) is 0 Å². The Morgan fingerprint density at radius 3 is 2.62 bits per heavy atom. The summed E-state index contributed by atoms with van der Waals surface area (Å²) in [4.78, 5) is 2.43. The van der Waals surface area contributed by atoms with Crippen molar-refractivity contribution in [1.29, 1.82) is 0 Å². The van der Waals surface area contributed by atoms with Crippen molar-refractivity contribution in [3.8, 4) is 0 Å². The third-order valence-corrected chi connectivity index (χ3v) is 5.76. The van der Waals surface area contributed by atoms with Crippen LogP contribution in [0.4, 0.5) is 11.5 Å². The zero-order chi connectivity index (χ0) is 19.6. The van der Waals surface area contributed by atoms with Crippen LogP contribution in [0, 0.1) is 6.92 Å².